The Morgan fingerprint density at radius 3 is 2.62 bits per heavy atom. The van der Waals surface area contributed by atoms with Crippen LogP contribution in [0, 0.1) is 0 Å². The van der Waals surface area contributed by atoms with Crippen molar-refractivity contribution in [2.75, 3.05) is 28.8 Å². The molecule has 3 rings (SSSR count). The van der Waals surface area contributed by atoms with Gasteiger partial charge < -0.3 is 10.2 Å². The van der Waals surface area contributed by atoms with Crippen LogP contribution in [0.5, 0.6) is 0 Å². The molecule has 1 saturated heterocycles. The van der Waals surface area contributed by atoms with E-state index in [-0.39, 0.29) is 23.5 Å². The van der Waals surface area contributed by atoms with Crippen LogP contribution in [0.3, 0.4) is 0 Å². The van der Waals surface area contributed by atoms with Gasteiger partial charge in [0, 0.05) is 30.7 Å². The van der Waals surface area contributed by atoms with Gasteiger partial charge in [0.25, 0.3) is 5.91 Å². The van der Waals surface area contributed by atoms with Crippen molar-refractivity contribution in [1.82, 2.24) is 4.98 Å². The van der Waals surface area contributed by atoms with Crippen LogP contribution < -0.4 is 10.2 Å². The van der Waals surface area contributed by atoms with Crippen LogP contribution in [-0.2, 0) is 16.3 Å². The first-order valence-electron chi connectivity index (χ1n) is 8.67. The van der Waals surface area contributed by atoms with E-state index in [1.54, 1.807) is 18.3 Å². The Labute approximate surface area is 154 Å². The molecule has 1 aliphatic heterocycles. The minimum atomic E-state index is -2.96. The average Bonchev–Trinajstić information content (AvgIpc) is 3.01. The van der Waals surface area contributed by atoms with Gasteiger partial charge in [-0.25, -0.2) is 8.42 Å². The number of hydrogen-bond donors (Lipinski definition) is 1. The number of nitrogens with zero attached hydrogens (tertiary/aromatic N) is 2. The maximum atomic E-state index is 12.5. The number of carbonyl (C=O) groups excluding carboxylic acids is 1. The molecule has 0 saturated carbocycles. The molecule has 0 spiro atoms. The number of aromatic nitrogens is 1. The van der Waals surface area contributed by atoms with E-state index >= 15 is 0 Å². The number of carbonyl (C=O) groups is 1. The van der Waals surface area contributed by atoms with E-state index in [2.05, 4.69) is 17.2 Å². The zero-order valence-corrected chi connectivity index (χ0v) is 15.8. The molecule has 0 aliphatic carbocycles. The quantitative estimate of drug-likeness (QED) is 0.871. The lowest BCUT2D eigenvalue weighted by Crippen LogP contribution is -2.32. The maximum Gasteiger partial charge on any atom is 0.274 e. The van der Waals surface area contributed by atoms with Crippen LogP contribution in [0.1, 0.15) is 29.4 Å². The highest BCUT2D eigenvalue weighted by Gasteiger charge is 2.31. The summed E-state index contributed by atoms with van der Waals surface area (Å²) >= 11 is 0. The number of hydrogen-bond acceptors (Lipinski definition) is 5. The third-order valence-corrected chi connectivity index (χ3v) is 6.51. The Morgan fingerprint density at radius 2 is 2.00 bits per heavy atom. The second kappa shape index (κ2) is 7.45. The van der Waals surface area contributed by atoms with Crippen LogP contribution in [0.4, 0.5) is 11.4 Å². The molecule has 1 N–H and O–H groups in total. The van der Waals surface area contributed by atoms with Crippen LogP contribution >= 0.6 is 0 Å². The van der Waals surface area contributed by atoms with Crippen LogP contribution in [-0.4, -0.2) is 43.9 Å². The van der Waals surface area contributed by atoms with Gasteiger partial charge >= 0.3 is 0 Å². The Bertz CT molecular complexity index is 895. The SMILES string of the molecule is CCc1ccc(NC(=O)c2cc(N(C)C3CCS(=O)(=O)C3)ccn2)cc1. The highest BCUT2D eigenvalue weighted by atomic mass is 32.2. The van der Waals surface area contributed by atoms with Crippen LogP contribution in [0.15, 0.2) is 42.6 Å². The standard InChI is InChI=1S/C19H23N3O3S/c1-3-14-4-6-15(7-5-14)21-19(23)18-12-16(8-10-20-18)22(2)17-9-11-26(24,25)13-17/h4-8,10,12,17H,3,9,11,13H2,1-2H3,(H,21,23). The van der Waals surface area contributed by atoms with Crippen LogP contribution in [0.25, 0.3) is 0 Å². The molecule has 7 heteroatoms. The average molecular weight is 373 g/mol. The van der Waals surface area contributed by atoms with E-state index in [1.165, 1.54) is 5.56 Å². The van der Waals surface area contributed by atoms with Crippen molar-refractivity contribution in [2.45, 2.75) is 25.8 Å². The molecule has 2 aromatic rings. The summed E-state index contributed by atoms with van der Waals surface area (Å²) in [6.07, 6.45) is 3.12. The lowest BCUT2D eigenvalue weighted by molar-refractivity contribution is 0.102. The summed E-state index contributed by atoms with van der Waals surface area (Å²) in [6, 6.07) is 11.1. The predicted octanol–water partition coefficient (Wildman–Crippen LogP) is 2.52. The van der Waals surface area contributed by atoms with Gasteiger partial charge in [-0.3, -0.25) is 9.78 Å². The minimum Gasteiger partial charge on any atom is -0.370 e. The summed E-state index contributed by atoms with van der Waals surface area (Å²) in [5.74, 6) is 0.0780. The Hall–Kier alpha value is -2.41. The third kappa shape index (κ3) is 4.22. The minimum absolute atomic E-state index is 0.0695. The largest absolute Gasteiger partial charge is 0.370 e. The van der Waals surface area contributed by atoms with E-state index in [1.807, 2.05) is 36.2 Å². The highest BCUT2D eigenvalue weighted by molar-refractivity contribution is 7.91. The van der Waals surface area contributed by atoms with Gasteiger partial charge in [0.05, 0.1) is 11.5 Å². The number of pyridine rings is 1. The molecule has 6 nitrogen and oxygen atoms in total. The number of rotatable bonds is 5. The van der Waals surface area contributed by atoms with E-state index in [0.29, 0.717) is 12.1 Å². The first-order chi connectivity index (χ1) is 12.4. The van der Waals surface area contributed by atoms with E-state index in [4.69, 9.17) is 0 Å². The second-order valence-electron chi connectivity index (χ2n) is 6.57. The zero-order chi connectivity index (χ0) is 18.7. The molecule has 1 atom stereocenters. The summed E-state index contributed by atoms with van der Waals surface area (Å²) in [5.41, 5.74) is 3.01. The Kier molecular flexibility index (Phi) is 5.27. The number of aryl methyl sites for hydroxylation is 1. The lowest BCUT2D eigenvalue weighted by Gasteiger charge is -2.25. The molecule has 1 amide bonds. The van der Waals surface area contributed by atoms with Crippen molar-refractivity contribution in [3.05, 3.63) is 53.9 Å². The van der Waals surface area contributed by atoms with E-state index in [0.717, 1.165) is 17.8 Å². The molecule has 26 heavy (non-hydrogen) atoms. The molecule has 1 aromatic heterocycles. The molecule has 0 radical (unpaired) electrons. The monoisotopic (exact) mass is 373 g/mol. The van der Waals surface area contributed by atoms with Gasteiger partial charge in [-0.05, 0) is 42.7 Å². The molecule has 1 fully saturated rings. The molecular weight excluding hydrogens is 350 g/mol. The van der Waals surface area contributed by atoms with E-state index < -0.39 is 9.84 Å². The predicted molar refractivity (Wildman–Crippen MR) is 103 cm³/mol. The van der Waals surface area contributed by atoms with Crippen molar-refractivity contribution in [3.8, 4) is 0 Å². The molecule has 1 aromatic carbocycles. The fourth-order valence-corrected chi connectivity index (χ4v) is 4.85. The second-order valence-corrected chi connectivity index (χ2v) is 8.80. The molecule has 0 bridgehead atoms. The van der Waals surface area contributed by atoms with Gasteiger partial charge in [0.15, 0.2) is 9.84 Å². The Morgan fingerprint density at radius 1 is 1.27 bits per heavy atom. The first-order valence-corrected chi connectivity index (χ1v) is 10.5. The summed E-state index contributed by atoms with van der Waals surface area (Å²) in [6.45, 7) is 2.08. The fourth-order valence-electron chi connectivity index (χ4n) is 3.07. The molecule has 1 unspecified atom stereocenters. The normalized spacial score (nSPS) is 18.5. The summed E-state index contributed by atoms with van der Waals surface area (Å²) in [5, 5.41) is 2.84. The zero-order valence-electron chi connectivity index (χ0n) is 15.0. The summed E-state index contributed by atoms with van der Waals surface area (Å²) in [4.78, 5) is 18.5. The smallest absolute Gasteiger partial charge is 0.274 e. The topological polar surface area (TPSA) is 79.4 Å². The lowest BCUT2D eigenvalue weighted by atomic mass is 10.1. The number of benzene rings is 1. The van der Waals surface area contributed by atoms with Gasteiger partial charge in [0.2, 0.25) is 0 Å². The number of amides is 1. The maximum absolute atomic E-state index is 12.5. The Balaban J connectivity index is 1.72. The third-order valence-electron chi connectivity index (χ3n) is 4.76. The van der Waals surface area contributed by atoms with Crippen molar-refractivity contribution < 1.29 is 13.2 Å². The van der Waals surface area contributed by atoms with Crippen molar-refractivity contribution in [2.24, 2.45) is 0 Å². The number of sulfone groups is 1. The summed E-state index contributed by atoms with van der Waals surface area (Å²) in [7, 11) is -1.10. The molecular formula is C19H23N3O3S. The number of nitrogens with one attached hydrogen (secondary N) is 1. The number of anilines is 2. The van der Waals surface area contributed by atoms with Crippen LogP contribution in [0.2, 0.25) is 0 Å². The summed E-state index contributed by atoms with van der Waals surface area (Å²) < 4.78 is 23.4. The van der Waals surface area contributed by atoms with E-state index in [9.17, 15) is 13.2 Å². The molecule has 1 aliphatic rings. The molecule has 2 heterocycles. The molecule has 138 valence electrons. The van der Waals surface area contributed by atoms with Gasteiger partial charge in [-0.15, -0.1) is 0 Å². The van der Waals surface area contributed by atoms with Crippen molar-refractivity contribution in [3.63, 3.8) is 0 Å². The van der Waals surface area contributed by atoms with Gasteiger partial charge in [-0.1, -0.05) is 19.1 Å². The van der Waals surface area contributed by atoms with Gasteiger partial charge in [0.1, 0.15) is 5.69 Å². The fraction of sp³-hybridized carbons (Fsp3) is 0.368. The van der Waals surface area contributed by atoms with Gasteiger partial charge in [-0.2, -0.15) is 0 Å². The highest BCUT2D eigenvalue weighted by Crippen LogP contribution is 2.23. The van der Waals surface area contributed by atoms with Crippen molar-refractivity contribution >= 4 is 27.1 Å². The first kappa shape index (κ1) is 18.4. The van der Waals surface area contributed by atoms with Crippen molar-refractivity contribution in [1.29, 1.82) is 0 Å².